The second kappa shape index (κ2) is 4.86. The predicted octanol–water partition coefficient (Wildman–Crippen LogP) is 3.53. The van der Waals surface area contributed by atoms with Crippen molar-refractivity contribution in [2.45, 2.75) is 11.7 Å². The third-order valence-corrected chi connectivity index (χ3v) is 4.13. The van der Waals surface area contributed by atoms with Crippen molar-refractivity contribution in [2.75, 3.05) is 0 Å². The fourth-order valence-corrected chi connectivity index (χ4v) is 3.14. The molecule has 1 aliphatic rings. The van der Waals surface area contributed by atoms with Gasteiger partial charge in [-0.25, -0.2) is 0 Å². The number of pyridine rings is 1. The molecule has 2 heterocycles. The third kappa shape index (κ3) is 2.02. The molecule has 0 spiro atoms. The van der Waals surface area contributed by atoms with Crippen LogP contribution in [0.4, 0.5) is 0 Å². The van der Waals surface area contributed by atoms with Crippen LogP contribution in [0.5, 0.6) is 0 Å². The number of nitrogens with zero attached hydrogens (tertiary/aromatic N) is 1. The Morgan fingerprint density at radius 3 is 2.61 bits per heavy atom. The van der Waals surface area contributed by atoms with Crippen molar-refractivity contribution in [3.8, 4) is 5.69 Å². The molecule has 2 nitrogen and oxygen atoms in total. The van der Waals surface area contributed by atoms with Gasteiger partial charge in [0.25, 0.3) is 5.56 Å². The summed E-state index contributed by atoms with van der Waals surface area (Å²) in [6, 6.07) is 15.3. The summed E-state index contributed by atoms with van der Waals surface area (Å²) in [5.74, 6) is 0. The molecule has 1 aliphatic heterocycles. The summed E-state index contributed by atoms with van der Waals surface area (Å²) in [5.41, 5.74) is 2.04. The summed E-state index contributed by atoms with van der Waals surface area (Å²) in [6.45, 7) is 0. The molecule has 0 saturated heterocycles. The molecule has 0 radical (unpaired) electrons. The standard InChI is InChI=1S/C15H13NOS/c17-15-10-4-8-13(14-9-5-11-18-14)16(15)12-6-2-1-3-7-12/h1-8,10-11,14H,9H2. The SMILES string of the molecule is O=c1cccc(C2CC=CS2)n1-c1ccccc1. The van der Waals surface area contributed by atoms with Gasteiger partial charge in [0.2, 0.25) is 0 Å². The van der Waals surface area contributed by atoms with Crippen molar-refractivity contribution in [2.24, 2.45) is 0 Å². The van der Waals surface area contributed by atoms with Gasteiger partial charge < -0.3 is 0 Å². The summed E-state index contributed by atoms with van der Waals surface area (Å²) in [5, 5.41) is 2.46. The first-order chi connectivity index (χ1) is 8.86. The lowest BCUT2D eigenvalue weighted by Crippen LogP contribution is -2.21. The number of aromatic nitrogens is 1. The van der Waals surface area contributed by atoms with E-state index in [0.717, 1.165) is 17.8 Å². The van der Waals surface area contributed by atoms with Crippen LogP contribution in [-0.4, -0.2) is 4.57 Å². The van der Waals surface area contributed by atoms with E-state index in [1.54, 1.807) is 17.8 Å². The summed E-state index contributed by atoms with van der Waals surface area (Å²) in [4.78, 5) is 12.1. The van der Waals surface area contributed by atoms with E-state index in [2.05, 4.69) is 11.5 Å². The highest BCUT2D eigenvalue weighted by atomic mass is 32.2. The van der Waals surface area contributed by atoms with E-state index in [4.69, 9.17) is 0 Å². The van der Waals surface area contributed by atoms with Crippen molar-refractivity contribution in [1.29, 1.82) is 0 Å². The van der Waals surface area contributed by atoms with Gasteiger partial charge in [-0.05, 0) is 30.0 Å². The average Bonchev–Trinajstić information content (AvgIpc) is 2.93. The highest BCUT2D eigenvalue weighted by Crippen LogP contribution is 2.38. The van der Waals surface area contributed by atoms with Gasteiger partial charge in [0, 0.05) is 17.4 Å². The Bertz CT molecular complexity index is 622. The molecule has 3 heteroatoms. The van der Waals surface area contributed by atoms with Crippen LogP contribution in [0.3, 0.4) is 0 Å². The number of thioether (sulfide) groups is 1. The Kier molecular flexibility index (Phi) is 3.07. The summed E-state index contributed by atoms with van der Waals surface area (Å²) in [6.07, 6.45) is 3.14. The maximum Gasteiger partial charge on any atom is 0.255 e. The molecular formula is C15H13NOS. The van der Waals surface area contributed by atoms with E-state index in [1.165, 1.54) is 0 Å². The molecule has 1 aromatic heterocycles. The average molecular weight is 255 g/mol. The van der Waals surface area contributed by atoms with Crippen LogP contribution in [0.2, 0.25) is 0 Å². The Morgan fingerprint density at radius 1 is 1.06 bits per heavy atom. The van der Waals surface area contributed by atoms with Gasteiger partial charge in [-0.15, -0.1) is 11.8 Å². The molecule has 1 atom stereocenters. The number of allylic oxidation sites excluding steroid dienone is 1. The molecule has 0 saturated carbocycles. The molecule has 18 heavy (non-hydrogen) atoms. The number of hydrogen-bond acceptors (Lipinski definition) is 2. The first-order valence-electron chi connectivity index (χ1n) is 5.94. The molecule has 0 aliphatic carbocycles. The van der Waals surface area contributed by atoms with Crippen LogP contribution in [0, 0.1) is 0 Å². The van der Waals surface area contributed by atoms with Gasteiger partial charge in [-0.3, -0.25) is 9.36 Å². The lowest BCUT2D eigenvalue weighted by atomic mass is 10.2. The fourth-order valence-electron chi connectivity index (χ4n) is 2.19. The van der Waals surface area contributed by atoms with E-state index < -0.39 is 0 Å². The van der Waals surface area contributed by atoms with E-state index in [1.807, 2.05) is 47.0 Å². The molecule has 3 rings (SSSR count). The molecule has 0 fully saturated rings. The second-order valence-electron chi connectivity index (χ2n) is 4.19. The number of hydrogen-bond donors (Lipinski definition) is 0. The molecular weight excluding hydrogens is 242 g/mol. The van der Waals surface area contributed by atoms with Crippen molar-refractivity contribution >= 4 is 11.8 Å². The fraction of sp³-hybridized carbons (Fsp3) is 0.133. The van der Waals surface area contributed by atoms with E-state index in [-0.39, 0.29) is 5.56 Å². The van der Waals surface area contributed by atoms with Gasteiger partial charge in [0.05, 0.1) is 5.25 Å². The van der Waals surface area contributed by atoms with Crippen LogP contribution < -0.4 is 5.56 Å². The summed E-state index contributed by atoms with van der Waals surface area (Å²) >= 11 is 1.77. The van der Waals surface area contributed by atoms with Gasteiger partial charge in [-0.1, -0.05) is 30.3 Å². The Labute approximate surface area is 110 Å². The van der Waals surface area contributed by atoms with Crippen LogP contribution in [0.1, 0.15) is 17.4 Å². The molecule has 0 N–H and O–H groups in total. The van der Waals surface area contributed by atoms with E-state index in [0.29, 0.717) is 5.25 Å². The number of rotatable bonds is 2. The zero-order chi connectivity index (χ0) is 12.4. The Hall–Kier alpha value is -1.74. The monoisotopic (exact) mass is 255 g/mol. The lowest BCUT2D eigenvalue weighted by Gasteiger charge is -2.16. The van der Waals surface area contributed by atoms with Gasteiger partial charge in [0.15, 0.2) is 0 Å². The molecule has 90 valence electrons. The Morgan fingerprint density at radius 2 is 1.89 bits per heavy atom. The summed E-state index contributed by atoms with van der Waals surface area (Å²) in [7, 11) is 0. The smallest absolute Gasteiger partial charge is 0.255 e. The van der Waals surface area contributed by atoms with Crippen LogP contribution in [0.15, 0.2) is 64.8 Å². The maximum absolute atomic E-state index is 12.1. The lowest BCUT2D eigenvalue weighted by molar-refractivity contribution is 0.833. The number of benzene rings is 1. The Balaban J connectivity index is 2.15. The predicted molar refractivity (Wildman–Crippen MR) is 76.1 cm³/mol. The molecule has 1 unspecified atom stereocenters. The summed E-state index contributed by atoms with van der Waals surface area (Å²) < 4.78 is 1.81. The van der Waals surface area contributed by atoms with Gasteiger partial charge >= 0.3 is 0 Å². The third-order valence-electron chi connectivity index (χ3n) is 3.02. The van der Waals surface area contributed by atoms with Crippen molar-refractivity contribution in [3.05, 3.63) is 76.1 Å². The molecule has 0 bridgehead atoms. The molecule has 1 aromatic carbocycles. The highest BCUT2D eigenvalue weighted by molar-refractivity contribution is 8.02. The normalized spacial score (nSPS) is 18.1. The first kappa shape index (κ1) is 11.4. The number of para-hydroxylation sites is 1. The zero-order valence-corrected chi connectivity index (χ0v) is 10.6. The van der Waals surface area contributed by atoms with E-state index >= 15 is 0 Å². The topological polar surface area (TPSA) is 22.0 Å². The first-order valence-corrected chi connectivity index (χ1v) is 6.88. The second-order valence-corrected chi connectivity index (χ2v) is 5.31. The van der Waals surface area contributed by atoms with Crippen LogP contribution in [0.25, 0.3) is 5.69 Å². The van der Waals surface area contributed by atoms with Crippen LogP contribution in [-0.2, 0) is 0 Å². The molecule has 2 aromatic rings. The largest absolute Gasteiger partial charge is 0.280 e. The highest BCUT2D eigenvalue weighted by Gasteiger charge is 2.18. The van der Waals surface area contributed by atoms with Crippen molar-refractivity contribution in [3.63, 3.8) is 0 Å². The van der Waals surface area contributed by atoms with Crippen molar-refractivity contribution < 1.29 is 0 Å². The van der Waals surface area contributed by atoms with Crippen molar-refractivity contribution in [1.82, 2.24) is 4.57 Å². The van der Waals surface area contributed by atoms with Crippen LogP contribution >= 0.6 is 11.8 Å². The zero-order valence-electron chi connectivity index (χ0n) is 9.82. The minimum Gasteiger partial charge on any atom is -0.280 e. The quantitative estimate of drug-likeness (QED) is 0.819. The van der Waals surface area contributed by atoms with Gasteiger partial charge in [-0.2, -0.15) is 0 Å². The maximum atomic E-state index is 12.1. The minimum atomic E-state index is 0.0335. The van der Waals surface area contributed by atoms with E-state index in [9.17, 15) is 4.79 Å². The molecule has 0 amide bonds. The van der Waals surface area contributed by atoms with Gasteiger partial charge in [0.1, 0.15) is 0 Å². The minimum absolute atomic E-state index is 0.0335.